The zero-order valence-corrected chi connectivity index (χ0v) is 19.8. The van der Waals surface area contributed by atoms with Crippen LogP contribution in [0.5, 0.6) is 0 Å². The Labute approximate surface area is 206 Å². The summed E-state index contributed by atoms with van der Waals surface area (Å²) < 4.78 is 33.4. The summed E-state index contributed by atoms with van der Waals surface area (Å²) in [6.07, 6.45) is 0.367. The van der Waals surface area contributed by atoms with Crippen LogP contribution >= 0.6 is 11.3 Å². The van der Waals surface area contributed by atoms with Crippen molar-refractivity contribution in [2.24, 2.45) is 5.16 Å². The van der Waals surface area contributed by atoms with Crippen molar-refractivity contribution in [2.45, 2.75) is 50.2 Å². The number of nitrogens with one attached hydrogen (secondary N) is 2. The van der Waals surface area contributed by atoms with Crippen molar-refractivity contribution < 1.29 is 37.3 Å². The lowest BCUT2D eigenvalue weighted by Crippen LogP contribution is -2.73. The number of carboxylic acids is 1. The van der Waals surface area contributed by atoms with Gasteiger partial charge in [-0.05, 0) is 0 Å². The molecule has 2 aromatic rings. The SMILES string of the molecule is Nc1nc(C(=NOC2(C(=O)O)CC2)C(=O)N[C@@H]2C(=O)N(S(=O)(=O)O)[C@H]2Cn2nc3c(n2)CNC3)cs1. The van der Waals surface area contributed by atoms with Crippen molar-refractivity contribution in [1.82, 2.24) is 34.9 Å². The second-order valence-corrected chi connectivity index (χ2v) is 10.5. The Hall–Kier alpha value is -3.68. The molecule has 0 radical (unpaired) electrons. The summed E-state index contributed by atoms with van der Waals surface area (Å²) in [7, 11) is -4.94. The highest BCUT2D eigenvalue weighted by Crippen LogP contribution is 2.40. The number of oxime groups is 1. The summed E-state index contributed by atoms with van der Waals surface area (Å²) in [5.41, 5.74) is 4.87. The standard InChI is InChI=1S/C17H19N9O8S2/c18-16-20-9(6-35-16)11(24-34-17(1-2-17)15(29)30)13(27)21-12-10(26(14(12)28)36(31,32)33)5-25-22-7-3-19-4-8(7)23-25/h6,10,12,19H,1-5H2,(H2,18,20)(H,21,27)(H,29,30)(H,31,32,33)/t10-,12-/m0/s1. The Bertz CT molecular complexity index is 1370. The number of aromatic nitrogens is 4. The molecule has 1 saturated heterocycles. The number of nitrogens with zero attached hydrogens (tertiary/aromatic N) is 6. The number of anilines is 1. The van der Waals surface area contributed by atoms with Crippen LogP contribution in [0.1, 0.15) is 29.9 Å². The first-order valence-corrected chi connectivity index (χ1v) is 12.7. The van der Waals surface area contributed by atoms with Crippen LogP contribution in [0.25, 0.3) is 0 Å². The number of rotatable bonds is 9. The average Bonchev–Trinajstić information content (AvgIpc) is 3.06. The van der Waals surface area contributed by atoms with E-state index in [0.717, 1.165) is 11.3 Å². The van der Waals surface area contributed by atoms with Gasteiger partial charge in [-0.2, -0.15) is 23.4 Å². The highest BCUT2D eigenvalue weighted by atomic mass is 32.2. The summed E-state index contributed by atoms with van der Waals surface area (Å²) in [5.74, 6) is -3.35. The highest BCUT2D eigenvalue weighted by molar-refractivity contribution is 7.84. The van der Waals surface area contributed by atoms with E-state index in [0.29, 0.717) is 24.5 Å². The first kappa shape index (κ1) is 24.0. The maximum Gasteiger partial charge on any atom is 0.362 e. The number of fused-ring (bicyclic) bond motifs is 1. The third-order valence-corrected chi connectivity index (χ3v) is 7.45. The number of carbonyl (C=O) groups excluding carboxylic acids is 2. The van der Waals surface area contributed by atoms with E-state index in [-0.39, 0.29) is 34.5 Å². The maximum absolute atomic E-state index is 13.1. The van der Waals surface area contributed by atoms with Gasteiger partial charge in [-0.25, -0.2) is 14.1 Å². The second-order valence-electron chi connectivity index (χ2n) is 8.28. The van der Waals surface area contributed by atoms with E-state index in [1.54, 1.807) is 0 Å². The Morgan fingerprint density at radius 3 is 2.53 bits per heavy atom. The molecular formula is C17H19N9O8S2. The summed E-state index contributed by atoms with van der Waals surface area (Å²) in [4.78, 5) is 47.4. The van der Waals surface area contributed by atoms with E-state index in [2.05, 4.69) is 31.0 Å². The smallest absolute Gasteiger partial charge is 0.362 e. The lowest BCUT2D eigenvalue weighted by Gasteiger charge is -2.43. The minimum Gasteiger partial charge on any atom is -0.478 e. The molecule has 0 unspecified atom stereocenters. The Balaban J connectivity index is 1.39. The van der Waals surface area contributed by atoms with Crippen molar-refractivity contribution in [2.75, 3.05) is 5.73 Å². The van der Waals surface area contributed by atoms with Gasteiger partial charge in [-0.1, -0.05) is 5.16 Å². The summed E-state index contributed by atoms with van der Waals surface area (Å²) in [6.45, 7) is 0.684. The van der Waals surface area contributed by atoms with Crippen LogP contribution in [-0.2, 0) is 49.2 Å². The molecular weight excluding hydrogens is 522 g/mol. The summed E-state index contributed by atoms with van der Waals surface area (Å²) in [5, 5.41) is 28.3. The van der Waals surface area contributed by atoms with Crippen molar-refractivity contribution in [3.8, 4) is 0 Å². The fourth-order valence-corrected chi connectivity index (χ4v) is 5.20. The van der Waals surface area contributed by atoms with Gasteiger partial charge in [-0.15, -0.1) is 11.3 Å². The molecule has 2 atom stereocenters. The number of aliphatic carboxylic acids is 1. The average molecular weight is 542 g/mol. The zero-order valence-electron chi connectivity index (χ0n) is 18.2. The van der Waals surface area contributed by atoms with E-state index >= 15 is 0 Å². The predicted octanol–water partition coefficient (Wildman–Crippen LogP) is -2.54. The molecule has 1 aliphatic carbocycles. The van der Waals surface area contributed by atoms with Crippen LogP contribution in [0.4, 0.5) is 5.13 Å². The van der Waals surface area contributed by atoms with Crippen LogP contribution in [0.3, 0.4) is 0 Å². The van der Waals surface area contributed by atoms with E-state index in [4.69, 9.17) is 10.6 Å². The second kappa shape index (κ2) is 8.47. The minimum atomic E-state index is -4.94. The lowest BCUT2D eigenvalue weighted by molar-refractivity contribution is -0.153. The Morgan fingerprint density at radius 2 is 2.00 bits per heavy atom. The third-order valence-electron chi connectivity index (χ3n) is 5.83. The monoisotopic (exact) mass is 541 g/mol. The van der Waals surface area contributed by atoms with E-state index in [9.17, 15) is 32.5 Å². The molecule has 192 valence electrons. The van der Waals surface area contributed by atoms with E-state index in [1.807, 2.05) is 0 Å². The number of carbonyl (C=O) groups is 3. The number of β-lactam (4-membered cyclic amide) rings is 1. The number of amides is 2. The number of hydrogen-bond donors (Lipinski definition) is 5. The molecule has 2 aromatic heterocycles. The molecule has 2 aliphatic heterocycles. The van der Waals surface area contributed by atoms with Crippen LogP contribution in [0.15, 0.2) is 10.5 Å². The number of nitrogens with two attached hydrogens (primary N) is 1. The van der Waals surface area contributed by atoms with Crippen LogP contribution < -0.4 is 16.4 Å². The number of carboxylic acid groups (broad SMARTS) is 1. The summed E-state index contributed by atoms with van der Waals surface area (Å²) >= 11 is 0.983. The molecule has 3 aliphatic rings. The van der Waals surface area contributed by atoms with Gasteiger partial charge in [0, 0.05) is 31.3 Å². The first-order valence-electron chi connectivity index (χ1n) is 10.4. The van der Waals surface area contributed by atoms with Gasteiger partial charge in [0.25, 0.3) is 11.8 Å². The number of hydrogen-bond acceptors (Lipinski definition) is 13. The summed E-state index contributed by atoms with van der Waals surface area (Å²) in [6, 6.07) is -2.66. The highest BCUT2D eigenvalue weighted by Gasteiger charge is 2.56. The molecule has 19 heteroatoms. The maximum atomic E-state index is 13.1. The van der Waals surface area contributed by atoms with Gasteiger partial charge < -0.3 is 26.3 Å². The van der Waals surface area contributed by atoms with Gasteiger partial charge >= 0.3 is 16.3 Å². The predicted molar refractivity (Wildman–Crippen MR) is 118 cm³/mol. The van der Waals surface area contributed by atoms with Crippen LogP contribution in [0, 0.1) is 0 Å². The molecule has 0 aromatic carbocycles. The topological polar surface area (TPSA) is 244 Å². The molecule has 4 heterocycles. The van der Waals surface area contributed by atoms with E-state index < -0.39 is 51.5 Å². The molecule has 17 nitrogen and oxygen atoms in total. The molecule has 0 spiro atoms. The van der Waals surface area contributed by atoms with Gasteiger partial charge in [0.15, 0.2) is 10.8 Å². The lowest BCUT2D eigenvalue weighted by atomic mass is 9.98. The van der Waals surface area contributed by atoms with Crippen LogP contribution in [-0.4, -0.2) is 83.5 Å². The van der Waals surface area contributed by atoms with Gasteiger partial charge in [0.05, 0.1) is 6.54 Å². The first-order chi connectivity index (χ1) is 17.0. The van der Waals surface area contributed by atoms with Crippen molar-refractivity contribution in [1.29, 1.82) is 0 Å². The molecule has 1 saturated carbocycles. The normalized spacial score (nSPS) is 22.6. The van der Waals surface area contributed by atoms with Crippen molar-refractivity contribution >= 4 is 50.3 Å². The fourth-order valence-electron chi connectivity index (χ4n) is 3.78. The largest absolute Gasteiger partial charge is 0.478 e. The molecule has 5 rings (SSSR count). The molecule has 2 amide bonds. The molecule has 2 fully saturated rings. The molecule has 0 bridgehead atoms. The number of nitrogen functional groups attached to an aromatic ring is 1. The Morgan fingerprint density at radius 1 is 1.33 bits per heavy atom. The minimum absolute atomic E-state index is 0.0381. The van der Waals surface area contributed by atoms with Crippen molar-refractivity contribution in [3.05, 3.63) is 22.5 Å². The third kappa shape index (κ3) is 4.25. The molecule has 6 N–H and O–H groups in total. The fraction of sp³-hybridized carbons (Fsp3) is 0.471. The van der Waals surface area contributed by atoms with Crippen molar-refractivity contribution in [3.63, 3.8) is 0 Å². The van der Waals surface area contributed by atoms with Gasteiger partial charge in [0.2, 0.25) is 5.60 Å². The van der Waals surface area contributed by atoms with E-state index in [1.165, 1.54) is 10.2 Å². The van der Waals surface area contributed by atoms with Crippen LogP contribution in [0.2, 0.25) is 0 Å². The Kier molecular flexibility index (Phi) is 5.65. The number of thiazole rings is 1. The quantitative estimate of drug-likeness (QED) is 0.0951. The molecule has 36 heavy (non-hydrogen) atoms. The van der Waals surface area contributed by atoms with Gasteiger partial charge in [-0.3, -0.25) is 14.1 Å². The van der Waals surface area contributed by atoms with Gasteiger partial charge in [0.1, 0.15) is 29.2 Å². The zero-order chi connectivity index (χ0) is 25.8.